The molecule has 0 fully saturated rings. The number of halogens is 1. The quantitative estimate of drug-likeness (QED) is 0.522. The number of benzene rings is 1. The van der Waals surface area contributed by atoms with Crippen LogP contribution in [0.1, 0.15) is 15.2 Å². The summed E-state index contributed by atoms with van der Waals surface area (Å²) in [5, 5.41) is 21.3. The van der Waals surface area contributed by atoms with Crippen molar-refractivity contribution >= 4 is 45.1 Å². The van der Waals surface area contributed by atoms with Crippen LogP contribution in [-0.4, -0.2) is 15.6 Å². The van der Waals surface area contributed by atoms with E-state index in [1.54, 1.807) is 0 Å². The van der Waals surface area contributed by atoms with Gasteiger partial charge in [0.1, 0.15) is 0 Å². The van der Waals surface area contributed by atoms with Gasteiger partial charge in [-0.15, -0.1) is 11.3 Å². The molecule has 0 aliphatic carbocycles. The molecule has 2 aromatic rings. The van der Waals surface area contributed by atoms with Gasteiger partial charge in [0.15, 0.2) is 5.00 Å². The molecule has 1 aromatic heterocycles. The smallest absolute Gasteiger partial charge is 0.303 e. The van der Waals surface area contributed by atoms with Crippen molar-refractivity contribution in [1.82, 2.24) is 0 Å². The van der Waals surface area contributed by atoms with E-state index in [9.17, 15) is 25.0 Å². The van der Waals surface area contributed by atoms with E-state index >= 15 is 0 Å². The molecule has 2 N–H and O–H groups in total. The van der Waals surface area contributed by atoms with Gasteiger partial charge in [-0.2, -0.15) is 0 Å². The Morgan fingerprint density at radius 3 is 2.38 bits per heavy atom. The predicted octanol–water partition coefficient (Wildman–Crippen LogP) is 3.03. The van der Waals surface area contributed by atoms with E-state index in [4.69, 9.17) is 17.3 Å². The summed E-state index contributed by atoms with van der Waals surface area (Å²) in [6.45, 7) is 0. The highest BCUT2D eigenvalue weighted by atomic mass is 35.5. The summed E-state index contributed by atoms with van der Waals surface area (Å²) in [6, 6.07) is 4.42. The molecule has 1 heterocycles. The SMILES string of the molecule is Nc1sc(C(=O)c2cc([N+](=O)[O-])ccc2Cl)cc1[N+](=O)[O-]. The Labute approximate surface area is 126 Å². The van der Waals surface area contributed by atoms with Gasteiger partial charge in [-0.3, -0.25) is 25.0 Å². The minimum absolute atomic E-state index is 0.0124. The molecule has 0 saturated heterocycles. The van der Waals surface area contributed by atoms with Crippen molar-refractivity contribution in [2.24, 2.45) is 0 Å². The van der Waals surface area contributed by atoms with Crippen molar-refractivity contribution < 1.29 is 14.6 Å². The maximum Gasteiger partial charge on any atom is 0.303 e. The van der Waals surface area contributed by atoms with E-state index < -0.39 is 15.6 Å². The van der Waals surface area contributed by atoms with Crippen LogP contribution in [0.15, 0.2) is 24.3 Å². The molecular formula is C11H6ClN3O5S. The van der Waals surface area contributed by atoms with Crippen LogP contribution in [0.25, 0.3) is 0 Å². The van der Waals surface area contributed by atoms with Crippen molar-refractivity contribution in [2.45, 2.75) is 0 Å². The highest BCUT2D eigenvalue weighted by molar-refractivity contribution is 7.18. The monoisotopic (exact) mass is 327 g/mol. The lowest BCUT2D eigenvalue weighted by molar-refractivity contribution is -0.384. The van der Waals surface area contributed by atoms with E-state index in [1.807, 2.05) is 0 Å². The van der Waals surface area contributed by atoms with Gasteiger partial charge in [-0.1, -0.05) is 11.6 Å². The molecule has 0 aliphatic heterocycles. The molecule has 21 heavy (non-hydrogen) atoms. The first-order valence-electron chi connectivity index (χ1n) is 5.33. The zero-order chi connectivity index (χ0) is 15.7. The number of rotatable bonds is 4. The lowest BCUT2D eigenvalue weighted by atomic mass is 10.1. The molecule has 10 heteroatoms. The van der Waals surface area contributed by atoms with Crippen LogP contribution in [-0.2, 0) is 0 Å². The van der Waals surface area contributed by atoms with Gasteiger partial charge >= 0.3 is 5.69 Å². The number of non-ortho nitro benzene ring substituents is 1. The first kappa shape index (κ1) is 14.9. The van der Waals surface area contributed by atoms with Crippen molar-refractivity contribution in [1.29, 1.82) is 0 Å². The standard InChI is InChI=1S/C11H6ClN3O5S/c12-7-2-1-5(14(17)18)3-6(7)10(16)9-4-8(15(19)20)11(13)21-9/h1-4H,13H2. The van der Waals surface area contributed by atoms with E-state index in [1.165, 1.54) is 6.07 Å². The molecule has 0 bridgehead atoms. The van der Waals surface area contributed by atoms with Crippen molar-refractivity contribution in [3.8, 4) is 0 Å². The minimum Gasteiger partial charge on any atom is -0.385 e. The highest BCUT2D eigenvalue weighted by Gasteiger charge is 2.24. The van der Waals surface area contributed by atoms with E-state index in [0.717, 1.165) is 29.5 Å². The van der Waals surface area contributed by atoms with E-state index in [-0.39, 0.29) is 31.8 Å². The van der Waals surface area contributed by atoms with Crippen LogP contribution >= 0.6 is 22.9 Å². The third-order valence-corrected chi connectivity index (χ3v) is 3.85. The Bertz CT molecular complexity index is 773. The third-order valence-electron chi connectivity index (χ3n) is 2.57. The normalized spacial score (nSPS) is 10.3. The number of anilines is 1. The van der Waals surface area contributed by atoms with Crippen LogP contribution in [0, 0.1) is 20.2 Å². The zero-order valence-corrected chi connectivity index (χ0v) is 11.7. The number of ketones is 1. The second kappa shape index (κ2) is 5.46. The number of thiophene rings is 1. The summed E-state index contributed by atoms with van der Waals surface area (Å²) in [5.74, 6) is -0.659. The molecule has 2 rings (SSSR count). The van der Waals surface area contributed by atoms with Gasteiger partial charge in [0.25, 0.3) is 5.69 Å². The molecular weight excluding hydrogens is 322 g/mol. The molecule has 0 aliphatic rings. The Kier molecular flexibility index (Phi) is 3.87. The average molecular weight is 328 g/mol. The molecule has 0 radical (unpaired) electrons. The number of carbonyl (C=O) groups excluding carboxylic acids is 1. The number of nitrogen functional groups attached to an aromatic ring is 1. The lowest BCUT2D eigenvalue weighted by Gasteiger charge is -2.01. The predicted molar refractivity (Wildman–Crippen MR) is 76.9 cm³/mol. The van der Waals surface area contributed by atoms with Crippen LogP contribution in [0.4, 0.5) is 16.4 Å². The maximum atomic E-state index is 12.3. The molecule has 0 saturated carbocycles. The molecule has 108 valence electrons. The lowest BCUT2D eigenvalue weighted by Crippen LogP contribution is -2.01. The molecule has 0 atom stereocenters. The fourth-order valence-electron chi connectivity index (χ4n) is 1.58. The maximum absolute atomic E-state index is 12.3. The first-order chi connectivity index (χ1) is 9.81. The molecule has 1 aromatic carbocycles. The number of hydrogen-bond donors (Lipinski definition) is 1. The Balaban J connectivity index is 2.49. The molecule has 0 spiro atoms. The van der Waals surface area contributed by atoms with Gasteiger partial charge in [0.05, 0.1) is 19.7 Å². The van der Waals surface area contributed by atoms with Crippen molar-refractivity contribution in [3.05, 3.63) is 60.0 Å². The summed E-state index contributed by atoms with van der Waals surface area (Å²) in [7, 11) is 0. The second-order valence-electron chi connectivity index (χ2n) is 3.87. The number of hydrogen-bond acceptors (Lipinski definition) is 7. The van der Waals surface area contributed by atoms with Crippen LogP contribution in [0.3, 0.4) is 0 Å². The molecule has 0 unspecified atom stereocenters. The number of carbonyl (C=O) groups is 1. The number of nitro groups is 2. The summed E-state index contributed by atoms with van der Waals surface area (Å²) < 4.78 is 0. The number of nitrogens with two attached hydrogens (primary N) is 1. The van der Waals surface area contributed by atoms with Gasteiger partial charge in [-0.25, -0.2) is 0 Å². The van der Waals surface area contributed by atoms with E-state index in [2.05, 4.69) is 0 Å². The van der Waals surface area contributed by atoms with Crippen LogP contribution < -0.4 is 5.73 Å². The van der Waals surface area contributed by atoms with Gasteiger partial charge in [0.2, 0.25) is 5.78 Å². The van der Waals surface area contributed by atoms with Gasteiger partial charge < -0.3 is 5.73 Å². The fraction of sp³-hybridized carbons (Fsp3) is 0. The largest absolute Gasteiger partial charge is 0.385 e. The second-order valence-corrected chi connectivity index (χ2v) is 5.36. The van der Waals surface area contributed by atoms with Crippen molar-refractivity contribution in [3.63, 3.8) is 0 Å². The van der Waals surface area contributed by atoms with Crippen LogP contribution in [0.2, 0.25) is 5.02 Å². The topological polar surface area (TPSA) is 129 Å². The number of nitro benzene ring substituents is 1. The van der Waals surface area contributed by atoms with Crippen molar-refractivity contribution in [2.75, 3.05) is 5.73 Å². The Hall–Kier alpha value is -2.52. The Morgan fingerprint density at radius 1 is 1.19 bits per heavy atom. The van der Waals surface area contributed by atoms with E-state index in [0.29, 0.717) is 0 Å². The number of nitrogens with zero attached hydrogens (tertiary/aromatic N) is 2. The average Bonchev–Trinajstić information content (AvgIpc) is 2.80. The summed E-state index contributed by atoms with van der Waals surface area (Å²) in [4.78, 5) is 32.3. The highest BCUT2D eigenvalue weighted by Crippen LogP contribution is 2.34. The zero-order valence-electron chi connectivity index (χ0n) is 10.1. The van der Waals surface area contributed by atoms with Gasteiger partial charge in [0, 0.05) is 23.8 Å². The fourth-order valence-corrected chi connectivity index (χ4v) is 2.64. The third kappa shape index (κ3) is 2.83. The molecule has 8 nitrogen and oxygen atoms in total. The van der Waals surface area contributed by atoms with Crippen LogP contribution in [0.5, 0.6) is 0 Å². The summed E-state index contributed by atoms with van der Waals surface area (Å²) in [5.41, 5.74) is 4.66. The van der Waals surface area contributed by atoms with Gasteiger partial charge in [-0.05, 0) is 6.07 Å². The minimum atomic E-state index is -0.711. The Morgan fingerprint density at radius 2 is 1.86 bits per heavy atom. The summed E-state index contributed by atoms with van der Waals surface area (Å²) >= 11 is 6.58. The molecule has 0 amide bonds. The summed E-state index contributed by atoms with van der Waals surface area (Å²) in [6.07, 6.45) is 0. The first-order valence-corrected chi connectivity index (χ1v) is 6.53.